The van der Waals surface area contributed by atoms with Crippen LogP contribution < -0.4 is 0 Å². The fourth-order valence-electron chi connectivity index (χ4n) is 1.18. The average Bonchev–Trinajstić information content (AvgIpc) is 2.36. The highest BCUT2D eigenvalue weighted by atomic mass is 17.1. The number of phenols is 4. The van der Waals surface area contributed by atoms with Gasteiger partial charge in [0.05, 0.1) is 0 Å². The first-order valence-corrected chi connectivity index (χ1v) is 4.08. The number of carbonyl (C=O) groups is 2. The largest absolute Gasteiger partial charge is 0.504 e. The zero-order valence-corrected chi connectivity index (χ0v) is 8.32. The molecule has 1 aromatic rings. The van der Waals surface area contributed by atoms with E-state index in [-0.39, 0.29) is 0 Å². The van der Waals surface area contributed by atoms with Crippen LogP contribution >= 0.6 is 0 Å². The van der Waals surface area contributed by atoms with E-state index < -0.39 is 46.1 Å². The number of hydrogen-bond donors (Lipinski definition) is 6. The van der Waals surface area contributed by atoms with Gasteiger partial charge >= 0.3 is 11.9 Å². The van der Waals surface area contributed by atoms with Crippen molar-refractivity contribution in [2.24, 2.45) is 0 Å². The van der Waals surface area contributed by atoms with Gasteiger partial charge in [-0.15, -0.1) is 0 Å². The molecule has 0 amide bonds. The van der Waals surface area contributed by atoms with Crippen LogP contribution in [0.2, 0.25) is 0 Å². The molecule has 0 spiro atoms. The number of hydrogen-bond acceptors (Lipinski definition) is 10. The Morgan fingerprint density at radius 2 is 0.889 bits per heavy atom. The van der Waals surface area contributed by atoms with Crippen molar-refractivity contribution in [3.8, 4) is 23.0 Å². The van der Waals surface area contributed by atoms with Crippen molar-refractivity contribution in [1.29, 1.82) is 0 Å². The SMILES string of the molecule is O=C(OO)c1c(O)c(O)c(C(=O)OO)c(O)c1O. The van der Waals surface area contributed by atoms with E-state index in [0.717, 1.165) is 0 Å². The second-order valence-electron chi connectivity index (χ2n) is 2.90. The first kappa shape index (κ1) is 13.3. The Hall–Kier alpha value is -2.72. The molecule has 6 N–H and O–H groups in total. The number of rotatable bonds is 2. The fourth-order valence-corrected chi connectivity index (χ4v) is 1.18. The van der Waals surface area contributed by atoms with E-state index in [2.05, 4.69) is 9.78 Å². The van der Waals surface area contributed by atoms with Gasteiger partial charge in [-0.1, -0.05) is 0 Å². The molecule has 0 aliphatic carbocycles. The maximum Gasteiger partial charge on any atom is 0.380 e. The molecule has 0 saturated heterocycles. The highest BCUT2D eigenvalue weighted by Crippen LogP contribution is 2.46. The molecule has 1 rings (SSSR count). The molecular weight excluding hydrogens is 256 g/mol. The Morgan fingerprint density at radius 1 is 0.667 bits per heavy atom. The summed E-state index contributed by atoms with van der Waals surface area (Å²) < 4.78 is 0. The highest BCUT2D eigenvalue weighted by molar-refractivity contribution is 6.04. The summed E-state index contributed by atoms with van der Waals surface area (Å²) in [4.78, 5) is 28.2. The molecule has 0 saturated carbocycles. The molecule has 1 aromatic carbocycles. The van der Waals surface area contributed by atoms with Gasteiger partial charge in [-0.3, -0.25) is 9.78 Å². The van der Waals surface area contributed by atoms with Crippen LogP contribution in [0.25, 0.3) is 0 Å². The van der Waals surface area contributed by atoms with Crippen molar-refractivity contribution in [2.45, 2.75) is 0 Å². The molecule has 10 nitrogen and oxygen atoms in total. The van der Waals surface area contributed by atoms with Crippen molar-refractivity contribution >= 4 is 11.9 Å². The summed E-state index contributed by atoms with van der Waals surface area (Å²) >= 11 is 0. The predicted octanol–water partition coefficient (Wildman–Crippen LogP) is -0.231. The monoisotopic (exact) mass is 262 g/mol. The lowest BCUT2D eigenvalue weighted by Crippen LogP contribution is -2.07. The maximum absolute atomic E-state index is 10.9. The van der Waals surface area contributed by atoms with Crippen LogP contribution in [-0.4, -0.2) is 42.9 Å². The van der Waals surface area contributed by atoms with Gasteiger partial charge in [-0.05, 0) is 0 Å². The Labute approximate surface area is 97.3 Å². The minimum Gasteiger partial charge on any atom is -0.504 e. The Morgan fingerprint density at radius 3 is 1.06 bits per heavy atom. The van der Waals surface area contributed by atoms with Crippen LogP contribution in [-0.2, 0) is 9.78 Å². The molecule has 0 atom stereocenters. The highest BCUT2D eigenvalue weighted by Gasteiger charge is 2.32. The molecule has 0 heterocycles. The lowest BCUT2D eigenvalue weighted by Gasteiger charge is -2.11. The summed E-state index contributed by atoms with van der Waals surface area (Å²) in [6.45, 7) is 0. The lowest BCUT2D eigenvalue weighted by atomic mass is 10.1. The topological polar surface area (TPSA) is 174 Å². The summed E-state index contributed by atoms with van der Waals surface area (Å²) in [5.41, 5.74) is -2.39. The van der Waals surface area contributed by atoms with Crippen molar-refractivity contribution in [2.75, 3.05) is 0 Å². The van der Waals surface area contributed by atoms with Crippen LogP contribution in [0.4, 0.5) is 0 Å². The minimum absolute atomic E-state index is 1.19. The minimum atomic E-state index is -1.71. The molecular formula is C8H6O10. The second-order valence-corrected chi connectivity index (χ2v) is 2.90. The normalized spacial score (nSPS) is 9.89. The summed E-state index contributed by atoms with van der Waals surface area (Å²) in [6, 6.07) is 0. The third-order valence-electron chi connectivity index (χ3n) is 1.97. The van der Waals surface area contributed by atoms with Crippen molar-refractivity contribution in [1.82, 2.24) is 0 Å². The number of aromatic hydroxyl groups is 4. The van der Waals surface area contributed by atoms with Crippen LogP contribution in [0.5, 0.6) is 23.0 Å². The van der Waals surface area contributed by atoms with E-state index in [9.17, 15) is 30.0 Å². The van der Waals surface area contributed by atoms with Gasteiger partial charge in [0.25, 0.3) is 0 Å². The average molecular weight is 262 g/mol. The van der Waals surface area contributed by atoms with Gasteiger partial charge in [0.1, 0.15) is 0 Å². The maximum atomic E-state index is 10.9. The standard InChI is InChI=1S/C8H6O10/c9-3-1(7(13)17-15)4(10)6(12)2(5(3)11)8(14)18-16/h9-12,15-16H. The summed E-state index contributed by atoms with van der Waals surface area (Å²) in [7, 11) is 0. The smallest absolute Gasteiger partial charge is 0.380 e. The third kappa shape index (κ3) is 1.81. The van der Waals surface area contributed by atoms with Crippen molar-refractivity contribution < 1.29 is 50.3 Å². The summed E-state index contributed by atoms with van der Waals surface area (Å²) in [5.74, 6) is -8.90. The van der Waals surface area contributed by atoms with Gasteiger partial charge < -0.3 is 20.4 Å². The van der Waals surface area contributed by atoms with Crippen LogP contribution in [0.15, 0.2) is 0 Å². The predicted molar refractivity (Wildman–Crippen MR) is 49.2 cm³/mol. The molecule has 0 bridgehead atoms. The van der Waals surface area contributed by atoms with Crippen molar-refractivity contribution in [3.63, 3.8) is 0 Å². The first-order valence-electron chi connectivity index (χ1n) is 4.08. The molecule has 0 radical (unpaired) electrons. The zero-order chi connectivity index (χ0) is 14.0. The van der Waals surface area contributed by atoms with Crippen molar-refractivity contribution in [3.05, 3.63) is 11.1 Å². The van der Waals surface area contributed by atoms with Gasteiger partial charge in [-0.2, -0.15) is 10.5 Å². The van der Waals surface area contributed by atoms with Crippen LogP contribution in [0.3, 0.4) is 0 Å². The van der Waals surface area contributed by atoms with Gasteiger partial charge in [0, 0.05) is 0 Å². The fraction of sp³-hybridized carbons (Fsp3) is 0. The van der Waals surface area contributed by atoms with E-state index in [4.69, 9.17) is 10.5 Å². The van der Waals surface area contributed by atoms with E-state index in [1.54, 1.807) is 0 Å². The molecule has 0 aromatic heterocycles. The summed E-state index contributed by atoms with van der Waals surface area (Å²) in [6.07, 6.45) is 0. The molecule has 10 heteroatoms. The molecule has 98 valence electrons. The van der Waals surface area contributed by atoms with Crippen LogP contribution in [0.1, 0.15) is 20.7 Å². The number of phenolic OH excluding ortho intramolecular Hbond substituents is 4. The van der Waals surface area contributed by atoms with E-state index in [1.165, 1.54) is 0 Å². The summed E-state index contributed by atoms with van der Waals surface area (Å²) in [5, 5.41) is 53.4. The Kier molecular flexibility index (Phi) is 3.45. The van der Waals surface area contributed by atoms with Gasteiger partial charge in [0.15, 0.2) is 34.1 Å². The molecule has 0 aliphatic rings. The van der Waals surface area contributed by atoms with E-state index in [1.807, 2.05) is 0 Å². The van der Waals surface area contributed by atoms with E-state index >= 15 is 0 Å². The van der Waals surface area contributed by atoms with Crippen LogP contribution in [0, 0.1) is 0 Å². The molecule has 0 aliphatic heterocycles. The number of carbonyl (C=O) groups excluding carboxylic acids is 2. The second kappa shape index (κ2) is 4.65. The third-order valence-corrected chi connectivity index (χ3v) is 1.97. The molecule has 0 fully saturated rings. The lowest BCUT2D eigenvalue weighted by molar-refractivity contribution is -0.183. The molecule has 0 unspecified atom stereocenters. The Bertz CT molecular complexity index is 443. The first-order chi connectivity index (χ1) is 8.36. The zero-order valence-electron chi connectivity index (χ0n) is 8.32. The number of benzene rings is 1. The Balaban J connectivity index is 3.66. The quantitative estimate of drug-likeness (QED) is 0.181. The van der Waals surface area contributed by atoms with E-state index in [0.29, 0.717) is 0 Å². The molecule has 18 heavy (non-hydrogen) atoms. The van der Waals surface area contributed by atoms with Gasteiger partial charge in [-0.25, -0.2) is 9.59 Å². The van der Waals surface area contributed by atoms with Gasteiger partial charge in [0.2, 0.25) is 0 Å².